The van der Waals surface area contributed by atoms with Crippen LogP contribution >= 0.6 is 0 Å². The molecule has 96 valence electrons. The van der Waals surface area contributed by atoms with Gasteiger partial charge in [0.1, 0.15) is 0 Å². The van der Waals surface area contributed by atoms with E-state index in [0.717, 1.165) is 31.9 Å². The summed E-state index contributed by atoms with van der Waals surface area (Å²) in [5.74, 6) is 1.13. The molecule has 0 spiro atoms. The third kappa shape index (κ3) is 4.58. The molecule has 0 saturated heterocycles. The van der Waals surface area contributed by atoms with Gasteiger partial charge in [-0.2, -0.15) is 0 Å². The molecule has 0 aromatic heterocycles. The Morgan fingerprint density at radius 3 is 1.88 bits per heavy atom. The van der Waals surface area contributed by atoms with Crippen molar-refractivity contribution in [1.29, 1.82) is 0 Å². The van der Waals surface area contributed by atoms with Crippen LogP contribution in [-0.4, -0.2) is 22.5 Å². The van der Waals surface area contributed by atoms with Crippen molar-refractivity contribution in [2.75, 3.05) is 0 Å². The minimum atomic E-state index is 0.847. The van der Waals surface area contributed by atoms with Crippen LogP contribution in [0.25, 0.3) is 0 Å². The first-order valence-electron chi connectivity index (χ1n) is 7.73. The fraction of sp³-hybridized carbons (Fsp3) is 1.00. The van der Waals surface area contributed by atoms with Crippen molar-refractivity contribution < 1.29 is 0 Å². The van der Waals surface area contributed by atoms with E-state index in [1.165, 1.54) is 44.9 Å². The summed E-state index contributed by atoms with van der Waals surface area (Å²) in [6.07, 6.45) is 16.7. The molecule has 0 N–H and O–H groups in total. The summed E-state index contributed by atoms with van der Waals surface area (Å²) in [5.41, 5.74) is 0. The SMILES string of the molecule is CCCC[C]([SnH3])(CCCC)C1CCCCC1. The molecule has 1 heteroatoms. The van der Waals surface area contributed by atoms with Gasteiger partial charge in [-0.3, -0.25) is 0 Å². The van der Waals surface area contributed by atoms with Gasteiger partial charge in [-0.05, 0) is 0 Å². The van der Waals surface area contributed by atoms with Crippen LogP contribution in [-0.2, 0) is 0 Å². The van der Waals surface area contributed by atoms with Crippen LogP contribution in [0.4, 0.5) is 0 Å². The van der Waals surface area contributed by atoms with Crippen molar-refractivity contribution in [3.05, 3.63) is 0 Å². The average molecular weight is 331 g/mol. The first kappa shape index (κ1) is 14.9. The second kappa shape index (κ2) is 8.00. The van der Waals surface area contributed by atoms with Crippen molar-refractivity contribution in [2.45, 2.75) is 87.9 Å². The second-order valence-electron chi connectivity index (χ2n) is 6.20. The monoisotopic (exact) mass is 332 g/mol. The molecule has 0 heterocycles. The van der Waals surface area contributed by atoms with E-state index < -0.39 is 0 Å². The van der Waals surface area contributed by atoms with Gasteiger partial charge in [-0.15, -0.1) is 0 Å². The summed E-state index contributed by atoms with van der Waals surface area (Å²) >= 11 is 0.847. The Labute approximate surface area is 116 Å². The van der Waals surface area contributed by atoms with Crippen LogP contribution in [0.15, 0.2) is 0 Å². The Morgan fingerprint density at radius 2 is 1.44 bits per heavy atom. The summed E-state index contributed by atoms with van der Waals surface area (Å²) < 4.78 is 0.883. The standard InChI is InChI=1S/C15H29.Sn.3H/c1-3-5-10-14(11-6-4-2)15-12-8-7-9-13-15;;;;/h15H,3-13H2,1-2H3;;;;. The summed E-state index contributed by atoms with van der Waals surface area (Å²) in [6, 6.07) is 0. The third-order valence-electron chi connectivity index (χ3n) is 4.79. The molecule has 16 heavy (non-hydrogen) atoms. The number of unbranched alkanes of at least 4 members (excludes halogenated alkanes) is 2. The molecule has 0 amide bonds. The van der Waals surface area contributed by atoms with Gasteiger partial charge < -0.3 is 0 Å². The van der Waals surface area contributed by atoms with E-state index in [-0.39, 0.29) is 0 Å². The molecular formula is C15H32Sn. The molecular weight excluding hydrogens is 299 g/mol. The molecule has 0 unspecified atom stereocenters. The van der Waals surface area contributed by atoms with Gasteiger partial charge in [0.25, 0.3) is 0 Å². The van der Waals surface area contributed by atoms with Crippen molar-refractivity contribution in [3.8, 4) is 0 Å². The molecule has 0 nitrogen and oxygen atoms in total. The van der Waals surface area contributed by atoms with Crippen LogP contribution < -0.4 is 0 Å². The van der Waals surface area contributed by atoms with Gasteiger partial charge in [0.05, 0.1) is 0 Å². The van der Waals surface area contributed by atoms with Gasteiger partial charge in [0.15, 0.2) is 0 Å². The second-order valence-corrected chi connectivity index (χ2v) is 11.9. The van der Waals surface area contributed by atoms with Gasteiger partial charge in [-0.1, -0.05) is 0 Å². The zero-order valence-electron chi connectivity index (χ0n) is 11.9. The molecule has 1 saturated carbocycles. The van der Waals surface area contributed by atoms with E-state index in [9.17, 15) is 0 Å². The summed E-state index contributed by atoms with van der Waals surface area (Å²) in [5, 5.41) is 0. The molecule has 0 atom stereocenters. The van der Waals surface area contributed by atoms with Crippen LogP contribution in [0, 0.1) is 5.92 Å². The first-order chi connectivity index (χ1) is 7.73. The Bertz CT molecular complexity index is 162. The number of hydrogen-bond donors (Lipinski definition) is 0. The third-order valence-corrected chi connectivity index (χ3v) is 9.98. The summed E-state index contributed by atoms with van der Waals surface area (Å²) in [6.45, 7) is 4.72. The quantitative estimate of drug-likeness (QED) is 0.604. The fourth-order valence-electron chi connectivity index (χ4n) is 3.49. The zero-order chi connectivity index (χ0) is 11.9. The summed E-state index contributed by atoms with van der Waals surface area (Å²) in [4.78, 5) is 0. The number of rotatable bonds is 7. The van der Waals surface area contributed by atoms with Crippen molar-refractivity contribution >= 4 is 22.5 Å². The van der Waals surface area contributed by atoms with Gasteiger partial charge in [0.2, 0.25) is 0 Å². The van der Waals surface area contributed by atoms with E-state index in [0.29, 0.717) is 0 Å². The molecule has 1 fully saturated rings. The Balaban J connectivity index is 2.51. The predicted molar refractivity (Wildman–Crippen MR) is 78.3 cm³/mol. The molecule has 0 aromatic carbocycles. The normalized spacial score (nSPS) is 19.1. The van der Waals surface area contributed by atoms with Crippen LogP contribution in [0.5, 0.6) is 0 Å². The molecule has 0 radical (unpaired) electrons. The molecule has 1 aliphatic rings. The summed E-state index contributed by atoms with van der Waals surface area (Å²) in [7, 11) is 0. The average Bonchev–Trinajstić information content (AvgIpc) is 2.35. The predicted octanol–water partition coefficient (Wildman–Crippen LogP) is 4.47. The molecule has 1 rings (SSSR count). The number of hydrogen-bond acceptors (Lipinski definition) is 0. The topological polar surface area (TPSA) is 0 Å². The van der Waals surface area contributed by atoms with Gasteiger partial charge in [0, 0.05) is 0 Å². The molecule has 0 aromatic rings. The zero-order valence-corrected chi connectivity index (χ0v) is 17.6. The Morgan fingerprint density at radius 1 is 0.938 bits per heavy atom. The fourth-order valence-corrected chi connectivity index (χ4v) is 7.16. The first-order valence-corrected chi connectivity index (χ1v) is 10.6. The van der Waals surface area contributed by atoms with Crippen molar-refractivity contribution in [3.63, 3.8) is 0 Å². The van der Waals surface area contributed by atoms with E-state index in [1.54, 1.807) is 25.7 Å². The van der Waals surface area contributed by atoms with Crippen LogP contribution in [0.1, 0.15) is 84.5 Å². The van der Waals surface area contributed by atoms with E-state index in [2.05, 4.69) is 13.8 Å². The maximum atomic E-state index is 2.36. The van der Waals surface area contributed by atoms with Crippen LogP contribution in [0.2, 0.25) is 3.43 Å². The van der Waals surface area contributed by atoms with Gasteiger partial charge in [-0.25, -0.2) is 0 Å². The van der Waals surface area contributed by atoms with Crippen molar-refractivity contribution in [1.82, 2.24) is 0 Å². The van der Waals surface area contributed by atoms with Crippen molar-refractivity contribution in [2.24, 2.45) is 5.92 Å². The Kier molecular flexibility index (Phi) is 7.43. The molecule has 0 aliphatic heterocycles. The minimum absolute atomic E-state index is 0.847. The van der Waals surface area contributed by atoms with E-state index >= 15 is 0 Å². The van der Waals surface area contributed by atoms with E-state index in [1.807, 2.05) is 0 Å². The van der Waals surface area contributed by atoms with Gasteiger partial charge >= 0.3 is 116 Å². The molecule has 1 aliphatic carbocycles. The Hall–Kier alpha value is 0.799. The maximum absolute atomic E-state index is 2.36. The molecule has 0 bridgehead atoms. The van der Waals surface area contributed by atoms with E-state index in [4.69, 9.17) is 0 Å². The van der Waals surface area contributed by atoms with Crippen LogP contribution in [0.3, 0.4) is 0 Å².